The summed E-state index contributed by atoms with van der Waals surface area (Å²) in [6.45, 7) is 0. The van der Waals surface area contributed by atoms with Crippen LogP contribution in [-0.4, -0.2) is 20.9 Å². The molecule has 1 heterocycles. The Labute approximate surface area is 128 Å². The quantitative estimate of drug-likeness (QED) is 0.683. The first-order chi connectivity index (χ1) is 10.1. The largest absolute Gasteiger partial charge is 0.511 e. The zero-order chi connectivity index (χ0) is 15.0. The number of nitrogens with zero attached hydrogens (tertiary/aromatic N) is 1. The number of halogens is 1. The molecule has 0 atom stereocenters. The van der Waals surface area contributed by atoms with Crippen molar-refractivity contribution in [3.8, 4) is 17.2 Å². The summed E-state index contributed by atoms with van der Waals surface area (Å²) in [7, 11) is 0. The fourth-order valence-corrected chi connectivity index (χ4v) is 2.91. The molecule has 0 saturated carbocycles. The van der Waals surface area contributed by atoms with Crippen molar-refractivity contribution in [1.82, 2.24) is 4.57 Å². The zero-order valence-corrected chi connectivity index (χ0v) is 12.2. The molecule has 5 nitrogen and oxygen atoms in total. The van der Waals surface area contributed by atoms with Gasteiger partial charge in [-0.3, -0.25) is 0 Å². The predicted molar refractivity (Wildman–Crippen MR) is 81.3 cm³/mol. The van der Waals surface area contributed by atoms with Crippen LogP contribution in [0.3, 0.4) is 0 Å². The number of phenolic OH excluding ortho intramolecular Hbond substituents is 1. The second-order valence-electron chi connectivity index (χ2n) is 4.36. The summed E-state index contributed by atoms with van der Waals surface area (Å²) in [6, 6.07) is 13.9. The Morgan fingerprint density at radius 3 is 2.43 bits per heavy atom. The number of para-hydroxylation sites is 1. The topological polar surface area (TPSA) is 71.7 Å². The average molecular weight is 348 g/mol. The first-order valence-corrected chi connectivity index (χ1v) is 6.86. The molecule has 0 fully saturated rings. The second-order valence-corrected chi connectivity index (χ2v) is 5.11. The number of hydrogen-bond donors (Lipinski definition) is 2. The van der Waals surface area contributed by atoms with Gasteiger partial charge in [0.05, 0.1) is 5.52 Å². The lowest BCUT2D eigenvalue weighted by Gasteiger charge is -2.07. The van der Waals surface area contributed by atoms with E-state index in [1.54, 1.807) is 30.3 Å². The van der Waals surface area contributed by atoms with E-state index in [4.69, 9.17) is 9.84 Å². The highest BCUT2D eigenvalue weighted by Gasteiger charge is 2.19. The Morgan fingerprint density at radius 2 is 1.76 bits per heavy atom. The van der Waals surface area contributed by atoms with Gasteiger partial charge in [0, 0.05) is 11.1 Å². The Bertz CT molecular complexity index is 824. The molecule has 0 amide bonds. The molecule has 2 N–H and O–H groups in total. The van der Waals surface area contributed by atoms with Crippen molar-refractivity contribution in [3.05, 3.63) is 53.1 Å². The van der Waals surface area contributed by atoms with Gasteiger partial charge in [0.1, 0.15) is 10.4 Å². The molecule has 0 aliphatic rings. The molecule has 6 heteroatoms. The van der Waals surface area contributed by atoms with Crippen molar-refractivity contribution >= 4 is 33.0 Å². The molecule has 21 heavy (non-hydrogen) atoms. The van der Waals surface area contributed by atoms with Crippen LogP contribution in [0, 0.1) is 0 Å². The Hall–Kier alpha value is -2.47. The van der Waals surface area contributed by atoms with Gasteiger partial charge in [0.25, 0.3) is 0 Å². The van der Waals surface area contributed by atoms with Crippen molar-refractivity contribution in [2.24, 2.45) is 0 Å². The van der Waals surface area contributed by atoms with E-state index in [2.05, 4.69) is 15.9 Å². The number of benzene rings is 2. The predicted octanol–water partition coefficient (Wildman–Crippen LogP) is 4.16. The standard InChI is InChI=1S/C15H10BrNO4/c16-14-13(21-15(19)20)11-3-1-2-4-12(11)17(14)9-5-7-10(18)8-6-9/h1-8,18H,(H,19,20). The van der Waals surface area contributed by atoms with Crippen LogP contribution < -0.4 is 4.74 Å². The maximum Gasteiger partial charge on any atom is 0.511 e. The molecule has 3 rings (SSSR count). The lowest BCUT2D eigenvalue weighted by atomic mass is 10.2. The Morgan fingerprint density at radius 1 is 1.10 bits per heavy atom. The Balaban J connectivity index is 2.29. The third kappa shape index (κ3) is 2.34. The summed E-state index contributed by atoms with van der Waals surface area (Å²) < 4.78 is 7.19. The Kier molecular flexibility index (Phi) is 3.31. The van der Waals surface area contributed by atoms with Crippen LogP contribution in [0.4, 0.5) is 4.79 Å². The zero-order valence-electron chi connectivity index (χ0n) is 10.7. The number of aromatic nitrogens is 1. The average Bonchev–Trinajstić information content (AvgIpc) is 2.73. The summed E-state index contributed by atoms with van der Waals surface area (Å²) in [5.41, 5.74) is 1.57. The van der Waals surface area contributed by atoms with Gasteiger partial charge in [-0.2, -0.15) is 0 Å². The van der Waals surface area contributed by atoms with Crippen LogP contribution in [-0.2, 0) is 0 Å². The monoisotopic (exact) mass is 347 g/mol. The first-order valence-electron chi connectivity index (χ1n) is 6.07. The van der Waals surface area contributed by atoms with E-state index in [-0.39, 0.29) is 11.5 Å². The van der Waals surface area contributed by atoms with E-state index in [1.165, 1.54) is 0 Å². The minimum atomic E-state index is -1.37. The van der Waals surface area contributed by atoms with Crippen LogP contribution in [0.25, 0.3) is 16.6 Å². The smallest absolute Gasteiger partial charge is 0.508 e. The molecule has 2 aromatic carbocycles. The highest BCUT2D eigenvalue weighted by molar-refractivity contribution is 9.10. The minimum absolute atomic E-state index is 0.161. The summed E-state index contributed by atoms with van der Waals surface area (Å²) in [5.74, 6) is 0.402. The molecule has 0 saturated heterocycles. The molecule has 1 aromatic heterocycles. The highest BCUT2D eigenvalue weighted by atomic mass is 79.9. The molecular formula is C15H10BrNO4. The van der Waals surface area contributed by atoms with Crippen molar-refractivity contribution in [3.63, 3.8) is 0 Å². The van der Waals surface area contributed by atoms with Gasteiger partial charge < -0.3 is 19.5 Å². The maximum absolute atomic E-state index is 10.9. The molecule has 3 aromatic rings. The first kappa shape index (κ1) is 13.5. The normalized spacial score (nSPS) is 10.7. The number of ether oxygens (including phenoxy) is 1. The van der Waals surface area contributed by atoms with Gasteiger partial charge in [-0.15, -0.1) is 0 Å². The number of carboxylic acid groups (broad SMARTS) is 1. The molecule has 106 valence electrons. The molecule has 0 radical (unpaired) electrons. The minimum Gasteiger partial charge on any atom is -0.508 e. The number of aromatic hydroxyl groups is 1. The molecular weight excluding hydrogens is 338 g/mol. The lowest BCUT2D eigenvalue weighted by Crippen LogP contribution is -2.03. The van der Waals surface area contributed by atoms with Crippen molar-refractivity contribution < 1.29 is 19.7 Å². The van der Waals surface area contributed by atoms with Crippen molar-refractivity contribution in [2.45, 2.75) is 0 Å². The molecule has 0 aliphatic carbocycles. The summed E-state index contributed by atoms with van der Waals surface area (Å²) in [6.07, 6.45) is -1.37. The number of phenols is 1. The van der Waals surface area contributed by atoms with Gasteiger partial charge in [-0.05, 0) is 52.3 Å². The van der Waals surface area contributed by atoms with Crippen LogP contribution in [0.1, 0.15) is 0 Å². The van der Waals surface area contributed by atoms with Crippen LogP contribution in [0.5, 0.6) is 11.5 Å². The number of fused-ring (bicyclic) bond motifs is 1. The lowest BCUT2D eigenvalue weighted by molar-refractivity contribution is 0.144. The van der Waals surface area contributed by atoms with Gasteiger partial charge in [-0.1, -0.05) is 12.1 Å². The van der Waals surface area contributed by atoms with Crippen molar-refractivity contribution in [2.75, 3.05) is 0 Å². The summed E-state index contributed by atoms with van der Waals surface area (Å²) in [4.78, 5) is 10.9. The van der Waals surface area contributed by atoms with Gasteiger partial charge in [0.15, 0.2) is 5.75 Å². The summed E-state index contributed by atoms with van der Waals surface area (Å²) >= 11 is 3.39. The van der Waals surface area contributed by atoms with E-state index in [9.17, 15) is 9.90 Å². The number of hydrogen-bond acceptors (Lipinski definition) is 3. The van der Waals surface area contributed by atoms with Gasteiger partial charge in [-0.25, -0.2) is 4.79 Å². The van der Waals surface area contributed by atoms with Crippen LogP contribution >= 0.6 is 15.9 Å². The van der Waals surface area contributed by atoms with E-state index in [0.717, 1.165) is 11.2 Å². The van der Waals surface area contributed by atoms with Crippen LogP contribution in [0.15, 0.2) is 53.1 Å². The van der Waals surface area contributed by atoms with E-state index in [1.807, 2.05) is 22.8 Å². The third-order valence-corrected chi connectivity index (χ3v) is 3.79. The fraction of sp³-hybridized carbons (Fsp3) is 0. The SMILES string of the molecule is O=C(O)Oc1c(Br)n(-c2ccc(O)cc2)c2ccccc12. The summed E-state index contributed by atoms with van der Waals surface area (Å²) in [5, 5.41) is 18.9. The van der Waals surface area contributed by atoms with E-state index in [0.29, 0.717) is 9.99 Å². The van der Waals surface area contributed by atoms with E-state index < -0.39 is 6.16 Å². The second kappa shape index (κ2) is 5.14. The molecule has 0 spiro atoms. The van der Waals surface area contributed by atoms with Gasteiger partial charge in [0.2, 0.25) is 0 Å². The number of carbonyl (C=O) groups is 1. The molecule has 0 unspecified atom stereocenters. The highest BCUT2D eigenvalue weighted by Crippen LogP contribution is 2.39. The molecule has 0 aliphatic heterocycles. The number of rotatable bonds is 2. The maximum atomic E-state index is 10.9. The van der Waals surface area contributed by atoms with Crippen molar-refractivity contribution in [1.29, 1.82) is 0 Å². The third-order valence-electron chi connectivity index (χ3n) is 3.07. The van der Waals surface area contributed by atoms with E-state index >= 15 is 0 Å². The fourth-order valence-electron chi connectivity index (χ4n) is 2.22. The van der Waals surface area contributed by atoms with Gasteiger partial charge >= 0.3 is 6.16 Å². The molecule has 0 bridgehead atoms. The van der Waals surface area contributed by atoms with Crippen LogP contribution in [0.2, 0.25) is 0 Å².